The Bertz CT molecular complexity index is 1130. The highest BCUT2D eigenvalue weighted by molar-refractivity contribution is 9.10. The summed E-state index contributed by atoms with van der Waals surface area (Å²) in [6.07, 6.45) is 4.00. The zero-order chi connectivity index (χ0) is 26.1. The summed E-state index contributed by atoms with van der Waals surface area (Å²) in [5, 5.41) is 20.8. The van der Waals surface area contributed by atoms with Crippen molar-refractivity contribution in [2.75, 3.05) is 7.11 Å². The molecule has 0 bridgehead atoms. The van der Waals surface area contributed by atoms with E-state index < -0.39 is 43.0 Å². The molecule has 8 nitrogen and oxygen atoms in total. The minimum atomic E-state index is -1.07. The molecule has 192 valence electrons. The van der Waals surface area contributed by atoms with Gasteiger partial charge in [0.25, 0.3) is 0 Å². The van der Waals surface area contributed by atoms with Gasteiger partial charge >= 0.3 is 13.2 Å². The molecule has 36 heavy (non-hydrogen) atoms. The van der Waals surface area contributed by atoms with E-state index in [1.807, 2.05) is 19.1 Å². The standard InChI is InChI=1S/C26H31BBrNO7/c1-4-5-15-12-18-23(25(32)29(24(18)31)26(33)35-3)19-13-27(34)36-21(22(15)19)9-6-14(2)10-16-11-17(28)7-8-20(16)30/h7-8,10-11,18-19,21,23,30,34H,4-6,9,12-13H2,1-3H3/b14-10+/t18-,19+,21-,23-/m1/s1. The number of imide groups is 3. The second kappa shape index (κ2) is 10.9. The largest absolute Gasteiger partial charge is 0.507 e. The number of allylic oxidation sites excluding steroid dienone is 2. The number of hydrogen-bond acceptors (Lipinski definition) is 7. The van der Waals surface area contributed by atoms with Crippen molar-refractivity contribution in [1.29, 1.82) is 0 Å². The molecule has 3 amide bonds. The highest BCUT2D eigenvalue weighted by Crippen LogP contribution is 2.51. The van der Waals surface area contributed by atoms with Gasteiger partial charge in [0, 0.05) is 10.0 Å². The van der Waals surface area contributed by atoms with E-state index in [-0.39, 0.29) is 18.0 Å². The van der Waals surface area contributed by atoms with Crippen LogP contribution in [-0.2, 0) is 19.0 Å². The summed E-state index contributed by atoms with van der Waals surface area (Å²) in [5.74, 6) is -2.59. The summed E-state index contributed by atoms with van der Waals surface area (Å²) in [7, 11) is 0.0774. The van der Waals surface area contributed by atoms with Crippen LogP contribution in [0.25, 0.3) is 6.08 Å². The van der Waals surface area contributed by atoms with Gasteiger partial charge in [0.1, 0.15) is 5.75 Å². The Morgan fingerprint density at radius 1 is 1.31 bits per heavy atom. The molecule has 0 spiro atoms. The quantitative estimate of drug-likeness (QED) is 0.295. The minimum absolute atomic E-state index is 0.188. The number of aromatic hydroxyl groups is 1. The molecule has 0 radical (unpaired) electrons. The predicted molar refractivity (Wildman–Crippen MR) is 138 cm³/mol. The first-order chi connectivity index (χ1) is 17.2. The highest BCUT2D eigenvalue weighted by Gasteiger charge is 2.59. The van der Waals surface area contributed by atoms with Crippen molar-refractivity contribution in [2.24, 2.45) is 17.8 Å². The lowest BCUT2D eigenvalue weighted by Gasteiger charge is -2.43. The van der Waals surface area contributed by atoms with Gasteiger partial charge in [0.2, 0.25) is 11.8 Å². The molecule has 0 aromatic heterocycles. The zero-order valence-electron chi connectivity index (χ0n) is 20.7. The fourth-order valence-corrected chi connectivity index (χ4v) is 6.29. The van der Waals surface area contributed by atoms with Crippen LogP contribution in [0.5, 0.6) is 5.75 Å². The number of carbonyl (C=O) groups excluding carboxylic acids is 3. The number of rotatable bonds is 6. The lowest BCUT2D eigenvalue weighted by Crippen LogP contribution is -2.46. The second-order valence-electron chi connectivity index (χ2n) is 9.78. The van der Waals surface area contributed by atoms with Crippen molar-refractivity contribution in [3.63, 3.8) is 0 Å². The predicted octanol–water partition coefficient (Wildman–Crippen LogP) is 4.70. The number of hydrogen-bond donors (Lipinski definition) is 2. The summed E-state index contributed by atoms with van der Waals surface area (Å²) < 4.78 is 11.6. The topological polar surface area (TPSA) is 113 Å². The van der Waals surface area contributed by atoms with Gasteiger partial charge in [-0.3, -0.25) is 9.59 Å². The van der Waals surface area contributed by atoms with Crippen molar-refractivity contribution >= 4 is 47.0 Å². The third-order valence-electron chi connectivity index (χ3n) is 7.41. The van der Waals surface area contributed by atoms with Gasteiger partial charge in [-0.2, -0.15) is 4.90 Å². The van der Waals surface area contributed by atoms with Crippen LogP contribution < -0.4 is 0 Å². The molecular formula is C26H31BBrNO7. The van der Waals surface area contributed by atoms with Crippen LogP contribution in [0.3, 0.4) is 0 Å². The number of fused-ring (bicyclic) bond motifs is 3. The maximum Gasteiger partial charge on any atom is 0.455 e. The highest BCUT2D eigenvalue weighted by atomic mass is 79.9. The van der Waals surface area contributed by atoms with E-state index >= 15 is 0 Å². The van der Waals surface area contributed by atoms with Crippen LogP contribution in [0.4, 0.5) is 4.79 Å². The summed E-state index contributed by atoms with van der Waals surface area (Å²) in [6, 6.07) is 5.24. The first kappa shape index (κ1) is 26.6. The van der Waals surface area contributed by atoms with Crippen molar-refractivity contribution in [1.82, 2.24) is 4.90 Å². The third kappa shape index (κ3) is 5.03. The van der Waals surface area contributed by atoms with E-state index in [1.54, 1.807) is 12.1 Å². The van der Waals surface area contributed by atoms with Crippen LogP contribution in [0.15, 0.2) is 39.4 Å². The Morgan fingerprint density at radius 3 is 2.75 bits per heavy atom. The number of amides is 3. The molecule has 1 aliphatic carbocycles. The summed E-state index contributed by atoms with van der Waals surface area (Å²) in [6.45, 7) is 4.03. The lowest BCUT2D eigenvalue weighted by atomic mass is 9.58. The van der Waals surface area contributed by atoms with Crippen LogP contribution in [-0.4, -0.2) is 53.3 Å². The molecule has 2 fully saturated rings. The summed E-state index contributed by atoms with van der Waals surface area (Å²) in [4.78, 5) is 39.1. The van der Waals surface area contributed by atoms with Crippen molar-refractivity contribution in [2.45, 2.75) is 58.4 Å². The minimum Gasteiger partial charge on any atom is -0.507 e. The molecule has 3 aliphatic rings. The number of carbonyl (C=O) groups is 3. The summed E-state index contributed by atoms with van der Waals surface area (Å²) in [5.41, 5.74) is 3.81. The average Bonchev–Trinajstić information content (AvgIpc) is 3.09. The first-order valence-corrected chi connectivity index (χ1v) is 13.1. The molecule has 2 aliphatic heterocycles. The van der Waals surface area contributed by atoms with E-state index in [0.29, 0.717) is 29.7 Å². The molecular weight excluding hydrogens is 529 g/mol. The smallest absolute Gasteiger partial charge is 0.455 e. The molecule has 4 atom stereocenters. The van der Waals surface area contributed by atoms with Crippen LogP contribution >= 0.6 is 15.9 Å². The van der Waals surface area contributed by atoms with Crippen LogP contribution in [0, 0.1) is 17.8 Å². The third-order valence-corrected chi connectivity index (χ3v) is 7.90. The number of benzene rings is 1. The molecule has 4 rings (SSSR count). The Kier molecular flexibility index (Phi) is 8.07. The normalized spacial score (nSPS) is 26.3. The van der Waals surface area contributed by atoms with Gasteiger partial charge in [-0.05, 0) is 68.6 Å². The van der Waals surface area contributed by atoms with Crippen molar-refractivity contribution in [3.8, 4) is 5.75 Å². The number of ether oxygens (including phenoxy) is 1. The molecule has 2 heterocycles. The average molecular weight is 560 g/mol. The lowest BCUT2D eigenvalue weighted by molar-refractivity contribution is -0.137. The van der Waals surface area contributed by atoms with E-state index in [9.17, 15) is 24.5 Å². The van der Waals surface area contributed by atoms with E-state index in [2.05, 4.69) is 22.9 Å². The Hall–Kier alpha value is -2.43. The van der Waals surface area contributed by atoms with Gasteiger partial charge in [0.15, 0.2) is 0 Å². The van der Waals surface area contributed by atoms with Gasteiger partial charge in [-0.1, -0.05) is 46.5 Å². The molecule has 0 unspecified atom stereocenters. The second-order valence-corrected chi connectivity index (χ2v) is 10.7. The fourth-order valence-electron chi connectivity index (χ4n) is 5.91. The number of halogens is 1. The van der Waals surface area contributed by atoms with Crippen LogP contribution in [0.2, 0.25) is 6.32 Å². The number of nitrogens with zero attached hydrogens (tertiary/aromatic N) is 1. The number of likely N-dealkylation sites (tertiary alicyclic amines) is 1. The SMILES string of the molecule is CCCC1=C2[C@@H](CC/C(C)=C/c3cc(Br)ccc3O)OB(O)C[C@@H]2[C@@H]2C(=O)N(C(=O)OC)C(=O)[C@@H]2C1. The van der Waals surface area contributed by atoms with Gasteiger partial charge in [-0.25, -0.2) is 4.79 Å². The van der Waals surface area contributed by atoms with E-state index in [1.165, 1.54) is 0 Å². The zero-order valence-corrected chi connectivity index (χ0v) is 22.3. The maximum absolute atomic E-state index is 13.2. The monoisotopic (exact) mass is 559 g/mol. The van der Waals surface area contributed by atoms with E-state index in [4.69, 9.17) is 9.39 Å². The van der Waals surface area contributed by atoms with Gasteiger partial charge in [-0.15, -0.1) is 0 Å². The van der Waals surface area contributed by atoms with Gasteiger partial charge in [0.05, 0.1) is 25.0 Å². The molecule has 10 heteroatoms. The summed E-state index contributed by atoms with van der Waals surface area (Å²) >= 11 is 3.42. The molecule has 2 N–H and O–H groups in total. The molecule has 1 aromatic rings. The van der Waals surface area contributed by atoms with Gasteiger partial charge < -0.3 is 19.5 Å². The van der Waals surface area contributed by atoms with E-state index in [0.717, 1.165) is 41.1 Å². The van der Waals surface area contributed by atoms with Crippen molar-refractivity contribution in [3.05, 3.63) is 45.0 Å². The molecule has 0 saturated carbocycles. The number of phenolic OH excluding ortho intramolecular Hbond substituents is 1. The van der Waals surface area contributed by atoms with Crippen molar-refractivity contribution < 1.29 is 33.9 Å². The first-order valence-electron chi connectivity index (χ1n) is 12.3. The number of phenols is 1. The Labute approximate surface area is 219 Å². The Morgan fingerprint density at radius 2 is 2.06 bits per heavy atom. The molecule has 1 aromatic carbocycles. The maximum atomic E-state index is 13.2. The fraction of sp³-hybridized carbons (Fsp3) is 0.500. The Balaban J connectivity index is 1.62. The van der Waals surface area contributed by atoms with Crippen LogP contribution in [0.1, 0.15) is 51.5 Å². The molecule has 2 saturated heterocycles. The number of methoxy groups -OCH3 is 1.